The molecule has 1 fully saturated rings. The SMILES string of the molecule is CC(C)=CN1CCCC1.ON=NO. The van der Waals surface area contributed by atoms with E-state index < -0.39 is 0 Å². The van der Waals surface area contributed by atoms with Crippen LogP contribution in [0.25, 0.3) is 0 Å². The summed E-state index contributed by atoms with van der Waals surface area (Å²) in [6, 6.07) is 0. The Morgan fingerprint density at radius 3 is 1.92 bits per heavy atom. The van der Waals surface area contributed by atoms with Crippen molar-refractivity contribution in [2.45, 2.75) is 26.7 Å². The van der Waals surface area contributed by atoms with Gasteiger partial charge in [0.15, 0.2) is 0 Å². The van der Waals surface area contributed by atoms with Gasteiger partial charge in [-0.1, -0.05) is 5.57 Å². The number of likely N-dealkylation sites (tertiary alicyclic amines) is 1. The van der Waals surface area contributed by atoms with Crippen LogP contribution in [-0.2, 0) is 0 Å². The molecule has 76 valence electrons. The fourth-order valence-electron chi connectivity index (χ4n) is 1.24. The van der Waals surface area contributed by atoms with Gasteiger partial charge in [-0.05, 0) is 32.9 Å². The van der Waals surface area contributed by atoms with Gasteiger partial charge in [0.05, 0.1) is 10.6 Å². The Kier molecular flexibility index (Phi) is 6.68. The number of allylic oxidation sites excluding steroid dienone is 1. The Morgan fingerprint density at radius 1 is 1.15 bits per heavy atom. The lowest BCUT2D eigenvalue weighted by Gasteiger charge is -2.10. The molecule has 1 heterocycles. The van der Waals surface area contributed by atoms with Crippen molar-refractivity contribution in [1.29, 1.82) is 0 Å². The van der Waals surface area contributed by atoms with Crippen molar-refractivity contribution in [2.75, 3.05) is 13.1 Å². The second-order valence-electron chi connectivity index (χ2n) is 3.13. The summed E-state index contributed by atoms with van der Waals surface area (Å²) in [7, 11) is 0. The van der Waals surface area contributed by atoms with Crippen LogP contribution >= 0.6 is 0 Å². The molecule has 0 aromatic rings. The Morgan fingerprint density at radius 2 is 1.62 bits per heavy atom. The highest BCUT2D eigenvalue weighted by Crippen LogP contribution is 2.08. The van der Waals surface area contributed by atoms with Gasteiger partial charge in [-0.25, -0.2) is 0 Å². The van der Waals surface area contributed by atoms with Crippen LogP contribution in [-0.4, -0.2) is 28.4 Å². The van der Waals surface area contributed by atoms with E-state index in [1.54, 1.807) is 0 Å². The van der Waals surface area contributed by atoms with Gasteiger partial charge >= 0.3 is 0 Å². The molecule has 5 nitrogen and oxygen atoms in total. The van der Waals surface area contributed by atoms with Gasteiger partial charge in [-0.2, -0.15) is 0 Å². The molecule has 0 amide bonds. The van der Waals surface area contributed by atoms with Crippen LogP contribution in [0.3, 0.4) is 0 Å². The Balaban J connectivity index is 0.000000310. The minimum Gasteiger partial charge on any atom is -0.392 e. The Hall–Kier alpha value is -1.26. The zero-order valence-electron chi connectivity index (χ0n) is 8.14. The van der Waals surface area contributed by atoms with Gasteiger partial charge < -0.3 is 15.3 Å². The first kappa shape index (κ1) is 11.7. The largest absolute Gasteiger partial charge is 0.392 e. The van der Waals surface area contributed by atoms with Crippen molar-refractivity contribution in [3.63, 3.8) is 0 Å². The molecule has 0 aromatic carbocycles. The molecule has 0 saturated carbocycles. The molecule has 2 N–H and O–H groups in total. The molecule has 13 heavy (non-hydrogen) atoms. The monoisotopic (exact) mass is 187 g/mol. The lowest BCUT2D eigenvalue weighted by atomic mass is 10.4. The van der Waals surface area contributed by atoms with Gasteiger partial charge in [-0.3, -0.25) is 0 Å². The topological polar surface area (TPSA) is 68.4 Å². The lowest BCUT2D eigenvalue weighted by molar-refractivity contribution is 0.177. The second kappa shape index (κ2) is 7.39. The van der Waals surface area contributed by atoms with E-state index in [1.807, 2.05) is 10.6 Å². The van der Waals surface area contributed by atoms with Crippen LogP contribution < -0.4 is 0 Å². The van der Waals surface area contributed by atoms with E-state index in [0.29, 0.717) is 0 Å². The molecule has 0 radical (unpaired) electrons. The fraction of sp³-hybridized carbons (Fsp3) is 0.750. The van der Waals surface area contributed by atoms with E-state index in [9.17, 15) is 0 Å². The molecule has 0 bridgehead atoms. The first-order valence-electron chi connectivity index (χ1n) is 4.28. The smallest absolute Gasteiger partial charge is 0.0606 e. The van der Waals surface area contributed by atoms with E-state index in [0.717, 1.165) is 0 Å². The van der Waals surface area contributed by atoms with Gasteiger partial charge in [-0.15, -0.1) is 0 Å². The second-order valence-corrected chi connectivity index (χ2v) is 3.13. The van der Waals surface area contributed by atoms with E-state index in [2.05, 4.69) is 24.9 Å². The maximum Gasteiger partial charge on any atom is 0.0606 e. The zero-order chi connectivity index (χ0) is 10.1. The predicted molar refractivity (Wildman–Crippen MR) is 48.7 cm³/mol. The third-order valence-corrected chi connectivity index (χ3v) is 1.62. The Labute approximate surface area is 78.3 Å². The molecule has 1 saturated heterocycles. The number of hydrogen-bond donors (Lipinski definition) is 2. The first-order chi connectivity index (χ1) is 6.20. The average Bonchev–Trinajstić information content (AvgIpc) is 2.56. The summed E-state index contributed by atoms with van der Waals surface area (Å²) < 4.78 is 0. The highest BCUT2D eigenvalue weighted by Gasteiger charge is 2.05. The van der Waals surface area contributed by atoms with Crippen molar-refractivity contribution in [1.82, 2.24) is 4.90 Å². The third-order valence-electron chi connectivity index (χ3n) is 1.62. The highest BCUT2D eigenvalue weighted by molar-refractivity contribution is 4.93. The zero-order valence-corrected chi connectivity index (χ0v) is 8.14. The maximum atomic E-state index is 7.08. The third kappa shape index (κ3) is 7.11. The molecule has 0 unspecified atom stereocenters. The molecular weight excluding hydrogens is 170 g/mol. The van der Waals surface area contributed by atoms with E-state index in [-0.39, 0.29) is 0 Å². The molecule has 1 rings (SSSR count). The van der Waals surface area contributed by atoms with Crippen LogP contribution in [0.5, 0.6) is 0 Å². The van der Waals surface area contributed by atoms with Crippen LogP contribution in [0.4, 0.5) is 0 Å². The van der Waals surface area contributed by atoms with Crippen molar-refractivity contribution in [3.05, 3.63) is 11.8 Å². The minimum atomic E-state index is 1.27. The summed E-state index contributed by atoms with van der Waals surface area (Å²) >= 11 is 0. The number of nitrogens with zero attached hydrogens (tertiary/aromatic N) is 3. The molecule has 0 atom stereocenters. The van der Waals surface area contributed by atoms with Gasteiger partial charge in [0.2, 0.25) is 0 Å². The number of rotatable bonds is 1. The van der Waals surface area contributed by atoms with E-state index in [4.69, 9.17) is 10.4 Å². The molecule has 0 spiro atoms. The summed E-state index contributed by atoms with van der Waals surface area (Å²) in [5.74, 6) is 0. The molecule has 1 aliphatic rings. The van der Waals surface area contributed by atoms with Crippen LogP contribution in [0.15, 0.2) is 22.3 Å². The Bertz CT molecular complexity index is 166. The fourth-order valence-corrected chi connectivity index (χ4v) is 1.24. The van der Waals surface area contributed by atoms with Gasteiger partial charge in [0.1, 0.15) is 0 Å². The highest BCUT2D eigenvalue weighted by atomic mass is 16.5. The molecule has 0 aliphatic carbocycles. The van der Waals surface area contributed by atoms with E-state index >= 15 is 0 Å². The summed E-state index contributed by atoms with van der Waals surface area (Å²) in [5, 5.41) is 18.0. The van der Waals surface area contributed by atoms with Crippen LogP contribution in [0, 0.1) is 0 Å². The van der Waals surface area contributed by atoms with Gasteiger partial charge in [0, 0.05) is 13.1 Å². The normalized spacial score (nSPS) is 15.4. The summed E-state index contributed by atoms with van der Waals surface area (Å²) in [4.78, 5) is 2.40. The van der Waals surface area contributed by atoms with E-state index in [1.165, 1.54) is 31.5 Å². The van der Waals surface area contributed by atoms with Crippen LogP contribution in [0.1, 0.15) is 26.7 Å². The molecular formula is C8H17N3O2. The van der Waals surface area contributed by atoms with Crippen molar-refractivity contribution in [3.8, 4) is 0 Å². The standard InChI is InChI=1S/C8H15N.H2N2O2/c1-8(2)7-9-5-3-4-6-9;3-1-2-4/h7H,3-6H2,1-2H3;(H,1,4)(H,2,3). The average molecular weight is 187 g/mol. The van der Waals surface area contributed by atoms with Crippen molar-refractivity contribution < 1.29 is 10.4 Å². The van der Waals surface area contributed by atoms with Crippen molar-refractivity contribution in [2.24, 2.45) is 10.6 Å². The summed E-state index contributed by atoms with van der Waals surface area (Å²) in [5.41, 5.74) is 1.41. The lowest BCUT2D eigenvalue weighted by Crippen LogP contribution is -2.10. The first-order valence-corrected chi connectivity index (χ1v) is 4.28. The maximum absolute atomic E-state index is 7.08. The molecule has 5 heteroatoms. The quantitative estimate of drug-likeness (QED) is 0.488. The predicted octanol–water partition coefficient (Wildman–Crippen LogP) is 2.22. The van der Waals surface area contributed by atoms with Crippen molar-refractivity contribution >= 4 is 0 Å². The number of hydrogen-bond acceptors (Lipinski definition) is 3. The van der Waals surface area contributed by atoms with Gasteiger partial charge in [0.25, 0.3) is 0 Å². The minimum absolute atomic E-state index is 1.27. The molecule has 1 aliphatic heterocycles. The molecule has 0 aromatic heterocycles. The van der Waals surface area contributed by atoms with Crippen LogP contribution in [0.2, 0.25) is 0 Å². The summed E-state index contributed by atoms with van der Waals surface area (Å²) in [6.07, 6.45) is 5.01. The summed E-state index contributed by atoms with van der Waals surface area (Å²) in [6.45, 7) is 6.84.